The Bertz CT molecular complexity index is 810. The summed E-state index contributed by atoms with van der Waals surface area (Å²) in [5.74, 6) is 0.220. The third-order valence-corrected chi connectivity index (χ3v) is 2.95. The molecular weight excluding hydrogens is 242 g/mol. The van der Waals surface area contributed by atoms with Crippen molar-refractivity contribution >= 4 is 16.6 Å². The lowest BCUT2D eigenvalue weighted by Gasteiger charge is -2.06. The summed E-state index contributed by atoms with van der Waals surface area (Å²) in [6.07, 6.45) is 6.46. The van der Waals surface area contributed by atoms with Gasteiger partial charge in [0.15, 0.2) is 0 Å². The second-order valence-corrected chi connectivity index (χ2v) is 4.22. The van der Waals surface area contributed by atoms with Gasteiger partial charge in [-0.3, -0.25) is 4.79 Å². The van der Waals surface area contributed by atoms with Crippen molar-refractivity contribution in [3.8, 4) is 11.3 Å². The zero-order valence-electron chi connectivity index (χ0n) is 10.2. The maximum Gasteiger partial charge on any atom is 0.261 e. The van der Waals surface area contributed by atoms with Crippen molar-refractivity contribution in [2.45, 2.75) is 0 Å². The van der Waals surface area contributed by atoms with Crippen LogP contribution in [0.5, 0.6) is 0 Å². The smallest absolute Gasteiger partial charge is 0.261 e. The molecule has 3 rings (SSSR count). The van der Waals surface area contributed by atoms with Crippen LogP contribution in [0.4, 0.5) is 5.82 Å². The molecule has 0 bridgehead atoms. The number of fused-ring (bicyclic) bond motifs is 1. The van der Waals surface area contributed by atoms with E-state index in [9.17, 15) is 4.79 Å². The van der Waals surface area contributed by atoms with Gasteiger partial charge in [-0.2, -0.15) is 0 Å². The van der Waals surface area contributed by atoms with Crippen molar-refractivity contribution in [1.29, 1.82) is 0 Å². The lowest BCUT2D eigenvalue weighted by atomic mass is 10.1. The fourth-order valence-corrected chi connectivity index (χ4v) is 1.97. The van der Waals surface area contributed by atoms with Gasteiger partial charge in [-0.05, 0) is 17.5 Å². The van der Waals surface area contributed by atoms with Crippen LogP contribution < -0.4 is 11.3 Å². The Kier molecular flexibility index (Phi) is 2.49. The summed E-state index contributed by atoms with van der Waals surface area (Å²) in [4.78, 5) is 24.2. The molecule has 0 aromatic carbocycles. The summed E-state index contributed by atoms with van der Waals surface area (Å²) in [5, 5.41) is 1.19. The molecule has 19 heavy (non-hydrogen) atoms. The number of aromatic nitrogens is 4. The minimum Gasteiger partial charge on any atom is -0.383 e. The van der Waals surface area contributed by atoms with E-state index in [0.29, 0.717) is 11.1 Å². The van der Waals surface area contributed by atoms with Crippen LogP contribution in [0.2, 0.25) is 0 Å². The first-order chi connectivity index (χ1) is 9.16. The number of pyridine rings is 2. The predicted octanol–water partition coefficient (Wildman–Crippen LogP) is 0.973. The third-order valence-electron chi connectivity index (χ3n) is 2.95. The fourth-order valence-electron chi connectivity index (χ4n) is 1.97. The molecule has 0 atom stereocenters. The van der Waals surface area contributed by atoms with Gasteiger partial charge in [-0.1, -0.05) is 0 Å². The van der Waals surface area contributed by atoms with Crippen LogP contribution in [-0.2, 0) is 7.05 Å². The highest BCUT2D eigenvalue weighted by molar-refractivity contribution is 5.92. The van der Waals surface area contributed by atoms with Gasteiger partial charge in [0.25, 0.3) is 5.56 Å². The van der Waals surface area contributed by atoms with Crippen LogP contribution in [0.3, 0.4) is 0 Å². The van der Waals surface area contributed by atoms with Crippen LogP contribution >= 0.6 is 0 Å². The normalized spacial score (nSPS) is 10.8. The van der Waals surface area contributed by atoms with Crippen LogP contribution in [0, 0.1) is 0 Å². The molecule has 0 unspecified atom stereocenters. The molecule has 0 spiro atoms. The number of hydrogen-bond acceptors (Lipinski definition) is 5. The lowest BCUT2D eigenvalue weighted by Crippen LogP contribution is -2.17. The highest BCUT2D eigenvalue weighted by atomic mass is 16.1. The number of nitrogens with two attached hydrogens (primary N) is 1. The predicted molar refractivity (Wildman–Crippen MR) is 72.4 cm³/mol. The average Bonchev–Trinajstić information content (AvgIpc) is 2.43. The van der Waals surface area contributed by atoms with Gasteiger partial charge < -0.3 is 10.3 Å². The van der Waals surface area contributed by atoms with Gasteiger partial charge in [-0.25, -0.2) is 15.0 Å². The Morgan fingerprint density at radius 1 is 1.26 bits per heavy atom. The first-order valence-electron chi connectivity index (χ1n) is 5.68. The number of nitrogens with zero attached hydrogens (tertiary/aromatic N) is 4. The monoisotopic (exact) mass is 253 g/mol. The van der Waals surface area contributed by atoms with Crippen LogP contribution in [0.1, 0.15) is 0 Å². The minimum absolute atomic E-state index is 0.154. The van der Waals surface area contributed by atoms with Gasteiger partial charge in [-0.15, -0.1) is 0 Å². The quantitative estimate of drug-likeness (QED) is 0.698. The summed E-state index contributed by atoms with van der Waals surface area (Å²) in [5.41, 5.74) is 7.16. The lowest BCUT2D eigenvalue weighted by molar-refractivity contribution is 0.873. The number of aryl methyl sites for hydroxylation is 1. The van der Waals surface area contributed by atoms with Crippen LogP contribution in [0.25, 0.3) is 22.0 Å². The molecule has 3 aromatic rings. The maximum absolute atomic E-state index is 12.0. The van der Waals surface area contributed by atoms with Gasteiger partial charge in [0.2, 0.25) is 0 Å². The van der Waals surface area contributed by atoms with E-state index in [2.05, 4.69) is 15.0 Å². The van der Waals surface area contributed by atoms with Crippen LogP contribution in [-0.4, -0.2) is 19.5 Å². The molecule has 3 aromatic heterocycles. The first kappa shape index (κ1) is 11.3. The Balaban J connectivity index is 2.33. The molecular formula is C13H11N5O. The minimum atomic E-state index is -0.154. The molecule has 0 aliphatic carbocycles. The molecule has 6 heteroatoms. The van der Waals surface area contributed by atoms with Gasteiger partial charge in [0, 0.05) is 31.2 Å². The van der Waals surface area contributed by atoms with E-state index >= 15 is 0 Å². The van der Waals surface area contributed by atoms with Crippen molar-refractivity contribution < 1.29 is 0 Å². The van der Waals surface area contributed by atoms with Crippen LogP contribution in [0.15, 0.2) is 41.8 Å². The van der Waals surface area contributed by atoms with Gasteiger partial charge in [0.05, 0.1) is 11.1 Å². The topological polar surface area (TPSA) is 86.7 Å². The maximum atomic E-state index is 12.0. The molecule has 94 valence electrons. The SMILES string of the molecule is Cn1ccc2cc(-c3cncnc3)nc(N)c2c1=O. The van der Waals surface area contributed by atoms with Crippen molar-refractivity contribution in [3.05, 3.63) is 47.4 Å². The molecule has 0 fully saturated rings. The van der Waals surface area contributed by atoms with Gasteiger partial charge in [0.1, 0.15) is 12.1 Å². The summed E-state index contributed by atoms with van der Waals surface area (Å²) in [6, 6.07) is 3.65. The molecule has 0 aliphatic heterocycles. The molecule has 0 saturated carbocycles. The summed E-state index contributed by atoms with van der Waals surface area (Å²) in [7, 11) is 1.68. The van der Waals surface area contributed by atoms with E-state index in [1.165, 1.54) is 10.9 Å². The van der Waals surface area contributed by atoms with Crippen molar-refractivity contribution in [2.24, 2.45) is 7.05 Å². The Labute approximate surface area is 108 Å². The Morgan fingerprint density at radius 2 is 2.00 bits per heavy atom. The number of anilines is 1. The zero-order valence-corrected chi connectivity index (χ0v) is 10.2. The standard InChI is InChI=1S/C13H11N5O/c1-18-3-2-8-4-10(9-5-15-7-16-6-9)17-12(14)11(8)13(18)19/h2-7H,1H3,(H2,14,17). The zero-order chi connectivity index (χ0) is 13.4. The van der Waals surface area contributed by atoms with Crippen molar-refractivity contribution in [2.75, 3.05) is 5.73 Å². The largest absolute Gasteiger partial charge is 0.383 e. The molecule has 3 heterocycles. The molecule has 2 N–H and O–H groups in total. The number of rotatable bonds is 1. The molecule has 0 radical (unpaired) electrons. The average molecular weight is 253 g/mol. The summed E-state index contributed by atoms with van der Waals surface area (Å²) < 4.78 is 1.48. The van der Waals surface area contributed by atoms with E-state index in [1.807, 2.05) is 12.1 Å². The number of nitrogen functional groups attached to an aromatic ring is 1. The Morgan fingerprint density at radius 3 is 2.74 bits per heavy atom. The van der Waals surface area contributed by atoms with E-state index < -0.39 is 0 Å². The third kappa shape index (κ3) is 1.83. The van der Waals surface area contributed by atoms with Crippen molar-refractivity contribution in [1.82, 2.24) is 19.5 Å². The van der Waals surface area contributed by atoms with E-state index in [0.717, 1.165) is 10.9 Å². The van der Waals surface area contributed by atoms with Crippen molar-refractivity contribution in [3.63, 3.8) is 0 Å². The second-order valence-electron chi connectivity index (χ2n) is 4.22. The molecule has 0 aliphatic rings. The van der Waals surface area contributed by atoms with E-state index in [1.54, 1.807) is 25.6 Å². The molecule has 0 amide bonds. The number of hydrogen-bond donors (Lipinski definition) is 1. The summed E-state index contributed by atoms with van der Waals surface area (Å²) in [6.45, 7) is 0. The summed E-state index contributed by atoms with van der Waals surface area (Å²) >= 11 is 0. The van der Waals surface area contributed by atoms with E-state index in [-0.39, 0.29) is 11.4 Å². The highest BCUT2D eigenvalue weighted by Gasteiger charge is 2.09. The molecule has 6 nitrogen and oxygen atoms in total. The molecule has 0 saturated heterocycles. The first-order valence-corrected chi connectivity index (χ1v) is 5.68. The van der Waals surface area contributed by atoms with Gasteiger partial charge >= 0.3 is 0 Å². The van der Waals surface area contributed by atoms with E-state index in [4.69, 9.17) is 5.73 Å². The second kappa shape index (κ2) is 4.16. The Hall–Kier alpha value is -2.76. The highest BCUT2D eigenvalue weighted by Crippen LogP contribution is 2.22. The fraction of sp³-hybridized carbons (Fsp3) is 0.0769.